The van der Waals surface area contributed by atoms with Crippen molar-refractivity contribution in [3.05, 3.63) is 69.4 Å². The van der Waals surface area contributed by atoms with E-state index in [9.17, 15) is 9.18 Å². The molecule has 0 saturated carbocycles. The van der Waals surface area contributed by atoms with E-state index in [-0.39, 0.29) is 24.6 Å². The first kappa shape index (κ1) is 14.7. The van der Waals surface area contributed by atoms with Crippen molar-refractivity contribution in [1.82, 2.24) is 5.32 Å². The molecule has 2 rings (SSSR count). The molecule has 1 amide bonds. The van der Waals surface area contributed by atoms with Gasteiger partial charge in [-0.3, -0.25) is 4.79 Å². The van der Waals surface area contributed by atoms with Gasteiger partial charge in [0.05, 0.1) is 6.61 Å². The zero-order valence-corrected chi connectivity index (χ0v) is 12.2. The minimum atomic E-state index is -0.449. The molecule has 104 valence electrons. The first-order valence-electron chi connectivity index (χ1n) is 6.02. The van der Waals surface area contributed by atoms with Crippen molar-refractivity contribution >= 4 is 21.8 Å². The summed E-state index contributed by atoms with van der Waals surface area (Å²) in [5.41, 5.74) is 1.50. The summed E-state index contributed by atoms with van der Waals surface area (Å²) in [6.07, 6.45) is 0. The summed E-state index contributed by atoms with van der Waals surface area (Å²) in [6.45, 7) is -0.0854. The Morgan fingerprint density at radius 1 is 1.25 bits per heavy atom. The molecule has 0 unspecified atom stereocenters. The van der Waals surface area contributed by atoms with E-state index in [2.05, 4.69) is 21.2 Å². The predicted octanol–water partition coefficient (Wildman–Crippen LogP) is 3.01. The number of rotatable bonds is 4. The fourth-order valence-electron chi connectivity index (χ4n) is 1.77. The van der Waals surface area contributed by atoms with E-state index in [1.54, 1.807) is 24.3 Å². The Hall–Kier alpha value is -1.72. The third kappa shape index (κ3) is 3.65. The number of nitrogens with one attached hydrogen (secondary N) is 1. The van der Waals surface area contributed by atoms with Crippen LogP contribution in [0.15, 0.2) is 46.9 Å². The lowest BCUT2D eigenvalue weighted by Gasteiger charge is -2.07. The second-order valence-electron chi connectivity index (χ2n) is 4.28. The maximum absolute atomic E-state index is 13.2. The maximum atomic E-state index is 13.2. The highest BCUT2D eigenvalue weighted by Crippen LogP contribution is 2.13. The van der Waals surface area contributed by atoms with E-state index in [4.69, 9.17) is 5.11 Å². The summed E-state index contributed by atoms with van der Waals surface area (Å²) in [4.78, 5) is 11.9. The number of hydrogen-bond donors (Lipinski definition) is 2. The quantitative estimate of drug-likeness (QED) is 0.900. The molecule has 5 heteroatoms. The third-order valence-corrected chi connectivity index (χ3v) is 3.31. The smallest absolute Gasteiger partial charge is 0.251 e. The molecule has 0 heterocycles. The Labute approximate surface area is 124 Å². The van der Waals surface area contributed by atoms with Gasteiger partial charge in [-0.25, -0.2) is 4.39 Å². The predicted molar refractivity (Wildman–Crippen MR) is 77.6 cm³/mol. The summed E-state index contributed by atoms with van der Waals surface area (Å²) in [7, 11) is 0. The summed E-state index contributed by atoms with van der Waals surface area (Å²) in [6, 6.07) is 11.5. The van der Waals surface area contributed by atoms with Crippen molar-refractivity contribution in [2.24, 2.45) is 0 Å². The van der Waals surface area contributed by atoms with Gasteiger partial charge in [0.15, 0.2) is 0 Å². The molecule has 0 radical (unpaired) electrons. The van der Waals surface area contributed by atoms with Crippen LogP contribution in [-0.2, 0) is 13.2 Å². The van der Waals surface area contributed by atoms with Crippen LogP contribution in [0.3, 0.4) is 0 Å². The Bertz CT molecular complexity index is 631. The topological polar surface area (TPSA) is 49.3 Å². The van der Waals surface area contributed by atoms with Crippen LogP contribution in [0.25, 0.3) is 0 Å². The van der Waals surface area contributed by atoms with E-state index >= 15 is 0 Å². The van der Waals surface area contributed by atoms with Crippen molar-refractivity contribution in [2.75, 3.05) is 0 Å². The van der Waals surface area contributed by atoms with Crippen LogP contribution >= 0.6 is 15.9 Å². The normalized spacial score (nSPS) is 10.3. The number of aliphatic hydroxyl groups is 1. The molecule has 0 saturated heterocycles. The molecular weight excluding hydrogens is 325 g/mol. The molecule has 0 aromatic heterocycles. The number of benzene rings is 2. The highest BCUT2D eigenvalue weighted by Gasteiger charge is 2.07. The van der Waals surface area contributed by atoms with E-state index in [1.807, 2.05) is 6.07 Å². The third-order valence-electron chi connectivity index (χ3n) is 2.82. The van der Waals surface area contributed by atoms with Gasteiger partial charge in [-0.05, 0) is 35.9 Å². The lowest BCUT2D eigenvalue weighted by Crippen LogP contribution is -2.22. The largest absolute Gasteiger partial charge is 0.392 e. The fourth-order valence-corrected chi connectivity index (χ4v) is 2.17. The molecule has 2 aromatic rings. The van der Waals surface area contributed by atoms with Gasteiger partial charge in [-0.15, -0.1) is 0 Å². The van der Waals surface area contributed by atoms with Crippen LogP contribution in [0.4, 0.5) is 4.39 Å². The minimum absolute atomic E-state index is 0.207. The maximum Gasteiger partial charge on any atom is 0.251 e. The van der Waals surface area contributed by atoms with Crippen molar-refractivity contribution in [1.29, 1.82) is 0 Å². The van der Waals surface area contributed by atoms with Crippen molar-refractivity contribution in [3.8, 4) is 0 Å². The van der Waals surface area contributed by atoms with Gasteiger partial charge in [0.2, 0.25) is 0 Å². The van der Waals surface area contributed by atoms with E-state index in [0.29, 0.717) is 5.56 Å². The van der Waals surface area contributed by atoms with Gasteiger partial charge in [-0.2, -0.15) is 0 Å². The molecule has 2 N–H and O–H groups in total. The molecule has 2 aromatic carbocycles. The number of aliphatic hydroxyl groups excluding tert-OH is 1. The van der Waals surface area contributed by atoms with Crippen LogP contribution < -0.4 is 5.32 Å². The molecule has 20 heavy (non-hydrogen) atoms. The average molecular weight is 338 g/mol. The van der Waals surface area contributed by atoms with Gasteiger partial charge in [-0.1, -0.05) is 28.1 Å². The number of amides is 1. The van der Waals surface area contributed by atoms with Gasteiger partial charge in [0.1, 0.15) is 5.82 Å². The molecule has 0 aliphatic carbocycles. The van der Waals surface area contributed by atoms with Crippen molar-refractivity contribution < 1.29 is 14.3 Å². The summed E-state index contributed by atoms with van der Waals surface area (Å²) in [5, 5.41) is 11.7. The van der Waals surface area contributed by atoms with Crippen LogP contribution in [-0.4, -0.2) is 11.0 Å². The van der Waals surface area contributed by atoms with Crippen molar-refractivity contribution in [2.45, 2.75) is 13.2 Å². The molecule has 0 bridgehead atoms. The molecular formula is C15H13BrFNO2. The number of carbonyl (C=O) groups excluding carboxylic acids is 1. The standard InChI is InChI=1S/C15H13BrFNO2/c16-13-3-1-2-11(7-13)15(20)18-8-10-4-5-14(17)12(6-10)9-19/h1-7,19H,8-9H2,(H,18,20). The van der Waals surface area contributed by atoms with Crippen LogP contribution in [0.5, 0.6) is 0 Å². The molecule has 0 aliphatic rings. The highest BCUT2D eigenvalue weighted by atomic mass is 79.9. The molecule has 0 atom stereocenters. The molecule has 0 fully saturated rings. The summed E-state index contributed by atoms with van der Waals surface area (Å²) >= 11 is 3.30. The number of halogens is 2. The number of carbonyl (C=O) groups is 1. The van der Waals surface area contributed by atoms with Gasteiger partial charge in [0.25, 0.3) is 5.91 Å². The lowest BCUT2D eigenvalue weighted by molar-refractivity contribution is 0.0951. The summed E-state index contributed by atoms with van der Waals surface area (Å²) in [5.74, 6) is -0.657. The number of hydrogen-bond acceptors (Lipinski definition) is 2. The molecule has 0 aliphatic heterocycles. The van der Waals surface area contributed by atoms with Crippen LogP contribution in [0.2, 0.25) is 0 Å². The van der Waals surface area contributed by atoms with E-state index in [0.717, 1.165) is 10.0 Å². The Balaban J connectivity index is 2.03. The second kappa shape index (κ2) is 6.63. The molecule has 0 spiro atoms. The fraction of sp³-hybridized carbons (Fsp3) is 0.133. The minimum Gasteiger partial charge on any atom is -0.392 e. The zero-order chi connectivity index (χ0) is 14.5. The Morgan fingerprint density at radius 2 is 2.05 bits per heavy atom. The van der Waals surface area contributed by atoms with Crippen LogP contribution in [0, 0.1) is 5.82 Å². The van der Waals surface area contributed by atoms with Crippen LogP contribution in [0.1, 0.15) is 21.5 Å². The Morgan fingerprint density at radius 3 is 2.75 bits per heavy atom. The Kier molecular flexibility index (Phi) is 4.87. The van der Waals surface area contributed by atoms with Gasteiger partial charge in [0, 0.05) is 22.1 Å². The SMILES string of the molecule is O=C(NCc1ccc(F)c(CO)c1)c1cccc(Br)c1. The first-order chi connectivity index (χ1) is 9.60. The second-order valence-corrected chi connectivity index (χ2v) is 5.19. The highest BCUT2D eigenvalue weighted by molar-refractivity contribution is 9.10. The monoisotopic (exact) mass is 337 g/mol. The lowest BCUT2D eigenvalue weighted by atomic mass is 10.1. The zero-order valence-electron chi connectivity index (χ0n) is 10.6. The molecule has 3 nitrogen and oxygen atoms in total. The van der Waals surface area contributed by atoms with E-state index < -0.39 is 5.82 Å². The van der Waals surface area contributed by atoms with Crippen molar-refractivity contribution in [3.63, 3.8) is 0 Å². The average Bonchev–Trinajstić information content (AvgIpc) is 2.46. The summed E-state index contributed by atoms with van der Waals surface area (Å²) < 4.78 is 14.1. The first-order valence-corrected chi connectivity index (χ1v) is 6.81. The van der Waals surface area contributed by atoms with Gasteiger partial charge >= 0.3 is 0 Å². The van der Waals surface area contributed by atoms with Gasteiger partial charge < -0.3 is 10.4 Å². The van der Waals surface area contributed by atoms with E-state index in [1.165, 1.54) is 12.1 Å².